The molecule has 3 N–H and O–H groups in total. The first-order valence-electron chi connectivity index (χ1n) is 14.9. The van der Waals surface area contributed by atoms with E-state index in [9.17, 15) is 32.3 Å². The van der Waals surface area contributed by atoms with Gasteiger partial charge >= 0.3 is 12.2 Å². The van der Waals surface area contributed by atoms with Crippen LogP contribution in [-0.4, -0.2) is 71.2 Å². The number of alkyl halides is 3. The first-order chi connectivity index (χ1) is 22.5. The van der Waals surface area contributed by atoms with Crippen LogP contribution in [0.25, 0.3) is 0 Å². The van der Waals surface area contributed by atoms with Gasteiger partial charge in [-0.05, 0) is 42.7 Å². The summed E-state index contributed by atoms with van der Waals surface area (Å²) in [5, 5.41) is 16.0. The molecule has 2 fully saturated rings. The van der Waals surface area contributed by atoms with Gasteiger partial charge in [0.15, 0.2) is 5.69 Å². The van der Waals surface area contributed by atoms with Crippen molar-refractivity contribution >= 4 is 35.1 Å². The summed E-state index contributed by atoms with van der Waals surface area (Å²) >= 11 is 0. The highest BCUT2D eigenvalue weighted by Gasteiger charge is 2.43. The number of aromatic nitrogens is 2. The van der Waals surface area contributed by atoms with E-state index in [0.29, 0.717) is 37.6 Å². The molecule has 15 heteroatoms. The molecule has 0 spiro atoms. The highest BCUT2D eigenvalue weighted by molar-refractivity contribution is 6.03. The van der Waals surface area contributed by atoms with Gasteiger partial charge in [0.05, 0.1) is 23.2 Å². The van der Waals surface area contributed by atoms with Crippen molar-refractivity contribution in [2.75, 3.05) is 59.7 Å². The SMILES string of the molecule is O=C(Nc1ccc(N2CCN(C(=O)Nc3ccccc3F)CC2)nc1)c1oc(N2CCC(O)(c3ccccc3)CC2)nc1C(F)(F)F. The molecule has 0 bridgehead atoms. The van der Waals surface area contributed by atoms with Crippen LogP contribution in [0, 0.1) is 5.82 Å². The summed E-state index contributed by atoms with van der Waals surface area (Å²) in [6.45, 7) is 1.88. The molecule has 0 aliphatic carbocycles. The van der Waals surface area contributed by atoms with Gasteiger partial charge in [-0.2, -0.15) is 18.2 Å². The summed E-state index contributed by atoms with van der Waals surface area (Å²) in [5.41, 5.74) is -1.64. The maximum Gasteiger partial charge on any atom is 0.437 e. The van der Waals surface area contributed by atoms with Crippen molar-refractivity contribution in [1.82, 2.24) is 14.9 Å². The Bertz CT molecular complexity index is 1720. The molecule has 4 aromatic rings. The Morgan fingerprint density at radius 3 is 2.17 bits per heavy atom. The zero-order chi connectivity index (χ0) is 33.2. The van der Waals surface area contributed by atoms with E-state index in [0.717, 1.165) is 0 Å². The molecule has 2 saturated heterocycles. The smallest absolute Gasteiger partial charge is 0.417 e. The number of rotatable bonds is 6. The molecular formula is C32H31F4N7O4. The Kier molecular flexibility index (Phi) is 8.73. The Balaban J connectivity index is 1.07. The molecule has 2 aliphatic rings. The lowest BCUT2D eigenvalue weighted by atomic mass is 9.84. The molecule has 2 aromatic carbocycles. The fourth-order valence-corrected chi connectivity index (χ4v) is 5.63. The fourth-order valence-electron chi connectivity index (χ4n) is 5.63. The number of para-hydroxylation sites is 1. The van der Waals surface area contributed by atoms with E-state index in [1.54, 1.807) is 41.3 Å². The number of nitrogens with one attached hydrogen (secondary N) is 2. The normalized spacial score (nSPS) is 16.6. The molecule has 6 rings (SSSR count). The third-order valence-corrected chi connectivity index (χ3v) is 8.27. The third kappa shape index (κ3) is 6.99. The number of halogens is 4. The van der Waals surface area contributed by atoms with E-state index in [-0.39, 0.29) is 43.3 Å². The van der Waals surface area contributed by atoms with Crippen LogP contribution in [0.2, 0.25) is 0 Å². The van der Waals surface area contributed by atoms with Crippen LogP contribution in [0.4, 0.5) is 45.6 Å². The van der Waals surface area contributed by atoms with Gasteiger partial charge in [-0.15, -0.1) is 0 Å². The summed E-state index contributed by atoms with van der Waals surface area (Å²) in [6.07, 6.45) is -3.18. The summed E-state index contributed by atoms with van der Waals surface area (Å²) in [6, 6.07) is 17.2. The van der Waals surface area contributed by atoms with Crippen LogP contribution in [-0.2, 0) is 11.8 Å². The van der Waals surface area contributed by atoms with E-state index in [1.807, 2.05) is 11.0 Å². The number of hydrogen-bond donors (Lipinski definition) is 3. The second-order valence-electron chi connectivity index (χ2n) is 11.3. The van der Waals surface area contributed by atoms with E-state index >= 15 is 0 Å². The number of amides is 3. The predicted molar refractivity (Wildman–Crippen MR) is 165 cm³/mol. The molecule has 246 valence electrons. The van der Waals surface area contributed by atoms with Gasteiger partial charge in [0, 0.05) is 39.3 Å². The van der Waals surface area contributed by atoms with Crippen LogP contribution in [0.3, 0.4) is 0 Å². The summed E-state index contributed by atoms with van der Waals surface area (Å²) in [5.74, 6) is -2.12. The first-order valence-corrected chi connectivity index (χ1v) is 14.9. The first kappa shape index (κ1) is 31.8. The molecule has 2 aromatic heterocycles. The maximum absolute atomic E-state index is 13.9. The topological polar surface area (TPSA) is 127 Å². The Morgan fingerprint density at radius 1 is 0.851 bits per heavy atom. The van der Waals surface area contributed by atoms with Gasteiger partial charge in [0.2, 0.25) is 5.76 Å². The largest absolute Gasteiger partial charge is 0.437 e. The van der Waals surface area contributed by atoms with E-state index in [4.69, 9.17) is 4.42 Å². The number of piperidine rings is 1. The number of aliphatic hydroxyl groups is 1. The third-order valence-electron chi connectivity index (χ3n) is 8.27. The van der Waals surface area contributed by atoms with Crippen molar-refractivity contribution in [2.45, 2.75) is 24.6 Å². The minimum absolute atomic E-state index is 0.0891. The average Bonchev–Trinajstić information content (AvgIpc) is 3.54. The molecular weight excluding hydrogens is 622 g/mol. The van der Waals surface area contributed by atoms with Gasteiger partial charge in [-0.3, -0.25) is 4.79 Å². The monoisotopic (exact) mass is 653 g/mol. The highest BCUT2D eigenvalue weighted by Crippen LogP contribution is 2.38. The van der Waals surface area contributed by atoms with Crippen LogP contribution in [0.15, 0.2) is 77.3 Å². The van der Waals surface area contributed by atoms with Crippen LogP contribution in [0.1, 0.15) is 34.7 Å². The Hall–Kier alpha value is -5.18. The van der Waals surface area contributed by atoms with Crippen molar-refractivity contribution in [3.8, 4) is 0 Å². The molecule has 4 heterocycles. The van der Waals surface area contributed by atoms with Crippen LogP contribution < -0.4 is 20.4 Å². The maximum atomic E-state index is 13.9. The fraction of sp³-hybridized carbons (Fsp3) is 0.312. The number of nitrogens with zero attached hydrogens (tertiary/aromatic N) is 5. The standard InChI is InChI=1S/C32H31F4N7O4/c33-23-8-4-5-9-24(23)39-29(45)42-18-16-41(17-19-42)25-11-10-22(20-37-25)38-28(44)26-27(32(34,35)36)40-30(47-26)43-14-12-31(46,13-15-43)21-6-2-1-3-7-21/h1-11,20,46H,12-19H2,(H,38,44)(H,39,45). The summed E-state index contributed by atoms with van der Waals surface area (Å²) < 4.78 is 61.0. The summed E-state index contributed by atoms with van der Waals surface area (Å²) in [7, 11) is 0. The number of carbonyl (C=O) groups is 2. The lowest BCUT2D eigenvalue weighted by molar-refractivity contribution is -0.141. The van der Waals surface area contributed by atoms with E-state index < -0.39 is 41.0 Å². The second-order valence-corrected chi connectivity index (χ2v) is 11.3. The van der Waals surface area contributed by atoms with Crippen molar-refractivity contribution in [3.05, 3.63) is 95.8 Å². The molecule has 3 amide bonds. The van der Waals surface area contributed by atoms with Crippen LogP contribution in [0.5, 0.6) is 0 Å². The van der Waals surface area contributed by atoms with Gasteiger partial charge in [0.1, 0.15) is 11.6 Å². The van der Waals surface area contributed by atoms with E-state index in [1.165, 1.54) is 35.4 Å². The minimum Gasteiger partial charge on any atom is -0.417 e. The number of carbonyl (C=O) groups excluding carboxylic acids is 2. The molecule has 47 heavy (non-hydrogen) atoms. The number of hydrogen-bond acceptors (Lipinski definition) is 8. The number of piperazine rings is 1. The van der Waals surface area contributed by atoms with Crippen molar-refractivity contribution in [3.63, 3.8) is 0 Å². The molecule has 2 aliphatic heterocycles. The van der Waals surface area contributed by atoms with Gasteiger partial charge in [-0.1, -0.05) is 42.5 Å². The number of urea groups is 1. The van der Waals surface area contributed by atoms with Gasteiger partial charge in [-0.25, -0.2) is 14.2 Å². The average molecular weight is 654 g/mol. The lowest BCUT2D eigenvalue weighted by Crippen LogP contribution is -2.50. The molecule has 0 radical (unpaired) electrons. The zero-order valence-electron chi connectivity index (χ0n) is 25.0. The number of anilines is 4. The van der Waals surface area contributed by atoms with Gasteiger partial charge in [0.25, 0.3) is 11.9 Å². The molecule has 11 nitrogen and oxygen atoms in total. The Morgan fingerprint density at radius 2 is 1.53 bits per heavy atom. The van der Waals surface area contributed by atoms with Crippen molar-refractivity contribution < 1.29 is 36.7 Å². The highest BCUT2D eigenvalue weighted by atomic mass is 19.4. The summed E-state index contributed by atoms with van der Waals surface area (Å²) in [4.78, 5) is 38.4. The Labute approximate surface area is 266 Å². The molecule has 0 unspecified atom stereocenters. The quantitative estimate of drug-likeness (QED) is 0.239. The lowest BCUT2D eigenvalue weighted by Gasteiger charge is -2.37. The number of benzene rings is 2. The zero-order valence-corrected chi connectivity index (χ0v) is 25.0. The van der Waals surface area contributed by atoms with Gasteiger partial charge < -0.3 is 34.9 Å². The number of pyridine rings is 1. The molecule has 0 atom stereocenters. The minimum atomic E-state index is -4.95. The van der Waals surface area contributed by atoms with Crippen LogP contribution >= 0.6 is 0 Å². The van der Waals surface area contributed by atoms with Crippen molar-refractivity contribution in [2.24, 2.45) is 0 Å². The number of oxazole rings is 1. The van der Waals surface area contributed by atoms with E-state index in [2.05, 4.69) is 20.6 Å². The second kappa shape index (κ2) is 12.9. The molecule has 0 saturated carbocycles. The predicted octanol–water partition coefficient (Wildman–Crippen LogP) is 5.32. The van der Waals surface area contributed by atoms with Crippen molar-refractivity contribution in [1.29, 1.82) is 0 Å².